The van der Waals surface area contributed by atoms with Gasteiger partial charge in [-0.2, -0.15) is 4.98 Å². The Kier molecular flexibility index (Phi) is 2.45. The molecule has 0 saturated heterocycles. The molecule has 4 nitrogen and oxygen atoms in total. The maximum Gasteiger partial charge on any atom is 0.280 e. The molecule has 0 spiro atoms. The quantitative estimate of drug-likeness (QED) is 0.833. The first kappa shape index (κ1) is 12.2. The Morgan fingerprint density at radius 2 is 2.11 bits per heavy atom. The summed E-state index contributed by atoms with van der Waals surface area (Å²) in [4.78, 5) is 19.9. The summed E-state index contributed by atoms with van der Waals surface area (Å²) in [5.41, 5.74) is -0.618. The number of halogens is 2. The van der Waals surface area contributed by atoms with Crippen molar-refractivity contribution in [3.8, 4) is 0 Å². The van der Waals surface area contributed by atoms with Crippen molar-refractivity contribution in [2.75, 3.05) is 0 Å². The molecule has 3 rings (SSSR count). The Hall–Kier alpha value is -1.85. The number of hydrogen-bond acceptors (Lipinski definition) is 3. The summed E-state index contributed by atoms with van der Waals surface area (Å²) in [6.07, 6.45) is -0.117. The number of aryl methyl sites for hydroxylation is 2. The van der Waals surface area contributed by atoms with Crippen molar-refractivity contribution in [3.63, 3.8) is 0 Å². The second-order valence-corrected chi connectivity index (χ2v) is 5.07. The van der Waals surface area contributed by atoms with Crippen molar-refractivity contribution in [2.45, 2.75) is 31.6 Å². The molecule has 2 aromatic heterocycles. The van der Waals surface area contributed by atoms with E-state index in [0.29, 0.717) is 35.3 Å². The lowest BCUT2D eigenvalue weighted by Crippen LogP contribution is -2.21. The smallest absolute Gasteiger partial charge is 0.280 e. The standard InChI is InChI=1S/C13H13F2N3O/c1-7-17-11(19)8-5-10(13(3-4-13)12(14)15)16-6-9(8)18(7)2/h5-6,12H,3-4H2,1-2H3. The van der Waals surface area contributed by atoms with Crippen LogP contribution < -0.4 is 5.56 Å². The number of fused-ring (bicyclic) bond motifs is 1. The molecule has 0 unspecified atom stereocenters. The fraction of sp³-hybridized carbons (Fsp3) is 0.462. The lowest BCUT2D eigenvalue weighted by atomic mass is 10.0. The largest absolute Gasteiger partial charge is 0.331 e. The van der Waals surface area contributed by atoms with Crippen LogP contribution in [0.25, 0.3) is 10.9 Å². The van der Waals surface area contributed by atoms with Crippen LogP contribution >= 0.6 is 0 Å². The predicted molar refractivity (Wildman–Crippen MR) is 66.4 cm³/mol. The van der Waals surface area contributed by atoms with Crippen LogP contribution in [0.5, 0.6) is 0 Å². The predicted octanol–water partition coefficient (Wildman–Crippen LogP) is 1.93. The first-order chi connectivity index (χ1) is 8.95. The fourth-order valence-electron chi connectivity index (χ4n) is 2.34. The molecule has 1 fully saturated rings. The van der Waals surface area contributed by atoms with Crippen molar-refractivity contribution in [2.24, 2.45) is 7.05 Å². The molecule has 100 valence electrons. The Morgan fingerprint density at radius 1 is 1.42 bits per heavy atom. The molecule has 6 heteroatoms. The van der Waals surface area contributed by atoms with Gasteiger partial charge in [-0.3, -0.25) is 9.78 Å². The Bertz CT molecular complexity index is 720. The van der Waals surface area contributed by atoms with E-state index in [9.17, 15) is 13.6 Å². The van der Waals surface area contributed by atoms with Crippen LogP contribution in [-0.2, 0) is 12.5 Å². The highest BCUT2D eigenvalue weighted by molar-refractivity contribution is 5.78. The monoisotopic (exact) mass is 265 g/mol. The van der Waals surface area contributed by atoms with Crippen molar-refractivity contribution in [1.82, 2.24) is 14.5 Å². The molecule has 2 heterocycles. The second-order valence-electron chi connectivity index (χ2n) is 5.07. The molecule has 0 aliphatic heterocycles. The molecule has 1 aliphatic rings. The van der Waals surface area contributed by atoms with Crippen LogP contribution in [-0.4, -0.2) is 21.0 Å². The van der Waals surface area contributed by atoms with E-state index in [1.54, 1.807) is 18.5 Å². The zero-order valence-corrected chi connectivity index (χ0v) is 10.7. The molecule has 2 aromatic rings. The number of alkyl halides is 2. The molecule has 0 bridgehead atoms. The minimum Gasteiger partial charge on any atom is -0.331 e. The molecule has 1 aliphatic carbocycles. The van der Waals surface area contributed by atoms with Crippen LogP contribution in [0.15, 0.2) is 17.1 Å². The van der Waals surface area contributed by atoms with E-state index in [0.717, 1.165) is 0 Å². The number of nitrogens with zero attached hydrogens (tertiary/aromatic N) is 3. The van der Waals surface area contributed by atoms with E-state index in [1.165, 1.54) is 12.3 Å². The topological polar surface area (TPSA) is 47.8 Å². The van der Waals surface area contributed by atoms with Gasteiger partial charge in [0.1, 0.15) is 5.82 Å². The molecule has 0 N–H and O–H groups in total. The maximum atomic E-state index is 13.1. The minimum atomic E-state index is -2.44. The number of pyridine rings is 1. The average molecular weight is 265 g/mol. The van der Waals surface area contributed by atoms with E-state index < -0.39 is 11.8 Å². The van der Waals surface area contributed by atoms with Gasteiger partial charge >= 0.3 is 0 Å². The van der Waals surface area contributed by atoms with Crippen molar-refractivity contribution >= 4 is 10.9 Å². The highest BCUT2D eigenvalue weighted by Gasteiger charge is 2.53. The highest BCUT2D eigenvalue weighted by Crippen LogP contribution is 2.52. The summed E-state index contributed by atoms with van der Waals surface area (Å²) < 4.78 is 27.9. The van der Waals surface area contributed by atoms with Crippen LogP contribution in [0, 0.1) is 6.92 Å². The van der Waals surface area contributed by atoms with Crippen molar-refractivity contribution in [3.05, 3.63) is 34.1 Å². The van der Waals surface area contributed by atoms with Crippen molar-refractivity contribution in [1.29, 1.82) is 0 Å². The van der Waals surface area contributed by atoms with E-state index >= 15 is 0 Å². The van der Waals surface area contributed by atoms with Gasteiger partial charge in [0.2, 0.25) is 6.43 Å². The van der Waals surface area contributed by atoms with E-state index in [4.69, 9.17) is 0 Å². The highest BCUT2D eigenvalue weighted by atomic mass is 19.3. The van der Waals surface area contributed by atoms with Gasteiger partial charge in [0.25, 0.3) is 5.56 Å². The third-order valence-corrected chi connectivity index (χ3v) is 3.94. The van der Waals surface area contributed by atoms with Gasteiger partial charge in [-0.25, -0.2) is 8.78 Å². The Balaban J connectivity index is 2.26. The van der Waals surface area contributed by atoms with Crippen LogP contribution in [0.3, 0.4) is 0 Å². The molecule has 0 aromatic carbocycles. The molecule has 0 amide bonds. The molecule has 19 heavy (non-hydrogen) atoms. The van der Waals surface area contributed by atoms with E-state index in [2.05, 4.69) is 9.97 Å². The summed E-state index contributed by atoms with van der Waals surface area (Å²) >= 11 is 0. The molecular formula is C13H13F2N3O. The normalized spacial score (nSPS) is 17.1. The van der Waals surface area contributed by atoms with Gasteiger partial charge in [0.15, 0.2) is 0 Å². The summed E-state index contributed by atoms with van der Waals surface area (Å²) in [5.74, 6) is 0.571. The van der Waals surface area contributed by atoms with Gasteiger partial charge in [-0.05, 0) is 25.8 Å². The summed E-state index contributed by atoms with van der Waals surface area (Å²) in [5, 5.41) is 0.352. The second kappa shape index (κ2) is 3.82. The molecular weight excluding hydrogens is 252 g/mol. The Morgan fingerprint density at radius 3 is 2.68 bits per heavy atom. The fourth-order valence-corrected chi connectivity index (χ4v) is 2.34. The van der Waals surface area contributed by atoms with Crippen LogP contribution in [0.2, 0.25) is 0 Å². The van der Waals surface area contributed by atoms with E-state index in [-0.39, 0.29) is 5.56 Å². The third-order valence-electron chi connectivity index (χ3n) is 3.94. The van der Waals surface area contributed by atoms with Gasteiger partial charge < -0.3 is 4.57 Å². The molecule has 0 atom stereocenters. The molecule has 1 saturated carbocycles. The van der Waals surface area contributed by atoms with Crippen LogP contribution in [0.1, 0.15) is 24.4 Å². The van der Waals surface area contributed by atoms with E-state index in [1.807, 2.05) is 0 Å². The number of hydrogen-bond donors (Lipinski definition) is 0. The molecule has 0 radical (unpaired) electrons. The zero-order valence-electron chi connectivity index (χ0n) is 10.7. The lowest BCUT2D eigenvalue weighted by Gasteiger charge is -2.15. The summed E-state index contributed by atoms with van der Waals surface area (Å²) in [6.45, 7) is 1.72. The average Bonchev–Trinajstić information content (AvgIpc) is 3.17. The number of rotatable bonds is 2. The first-order valence-corrected chi connectivity index (χ1v) is 6.08. The van der Waals surface area contributed by atoms with Gasteiger partial charge in [0, 0.05) is 7.05 Å². The number of aromatic nitrogens is 3. The lowest BCUT2D eigenvalue weighted by molar-refractivity contribution is 0.0999. The summed E-state index contributed by atoms with van der Waals surface area (Å²) in [7, 11) is 1.77. The summed E-state index contributed by atoms with van der Waals surface area (Å²) in [6, 6.07) is 1.48. The third kappa shape index (κ3) is 1.66. The van der Waals surface area contributed by atoms with Gasteiger partial charge in [0.05, 0.1) is 28.2 Å². The zero-order chi connectivity index (χ0) is 13.8. The first-order valence-electron chi connectivity index (χ1n) is 6.08. The maximum absolute atomic E-state index is 13.1. The Labute approximate surface area is 108 Å². The minimum absolute atomic E-state index is 0.303. The van der Waals surface area contributed by atoms with Gasteiger partial charge in [-0.1, -0.05) is 0 Å². The SMILES string of the molecule is Cc1nc(=O)c2cc(C3(C(F)F)CC3)ncc2n1C. The van der Waals surface area contributed by atoms with Crippen LogP contribution in [0.4, 0.5) is 8.78 Å². The van der Waals surface area contributed by atoms with Crippen molar-refractivity contribution < 1.29 is 8.78 Å². The van der Waals surface area contributed by atoms with Gasteiger partial charge in [-0.15, -0.1) is 0 Å².